The summed E-state index contributed by atoms with van der Waals surface area (Å²) in [4.78, 5) is 28.9. The fourth-order valence-corrected chi connectivity index (χ4v) is 1.64. The Morgan fingerprint density at radius 1 is 1.40 bits per heavy atom. The summed E-state index contributed by atoms with van der Waals surface area (Å²) in [7, 11) is 0. The van der Waals surface area contributed by atoms with E-state index in [2.05, 4.69) is 4.98 Å². The maximum absolute atomic E-state index is 13.6. The Bertz CT molecular complexity index is 497. The molecule has 110 valence electrons. The number of carbonyl (C=O) groups is 2. The summed E-state index contributed by atoms with van der Waals surface area (Å²) in [5, 5.41) is 0. The maximum atomic E-state index is 13.6. The first-order chi connectivity index (χ1) is 9.27. The smallest absolute Gasteiger partial charge is 0.325 e. The Hall–Kier alpha value is -1.98. The minimum Gasteiger partial charge on any atom is -0.465 e. The number of aromatic nitrogens is 1. The van der Waals surface area contributed by atoms with Gasteiger partial charge in [-0.2, -0.15) is 0 Å². The molecule has 0 N–H and O–H groups in total. The van der Waals surface area contributed by atoms with Gasteiger partial charge in [-0.15, -0.1) is 0 Å². The lowest BCUT2D eigenvalue weighted by atomic mass is 10.0. The molecule has 0 aromatic carbocycles. The first-order valence-electron chi connectivity index (χ1n) is 6.34. The number of pyridine rings is 1. The number of esters is 1. The second kappa shape index (κ2) is 6.45. The highest BCUT2D eigenvalue weighted by molar-refractivity contribution is 5.96. The molecule has 1 rings (SSSR count). The fraction of sp³-hybridized carbons (Fsp3) is 0.500. The number of amides is 1. The average molecular weight is 282 g/mol. The van der Waals surface area contributed by atoms with Crippen molar-refractivity contribution in [3.8, 4) is 0 Å². The van der Waals surface area contributed by atoms with Crippen LogP contribution in [0.25, 0.3) is 0 Å². The van der Waals surface area contributed by atoms with Crippen LogP contribution in [0.2, 0.25) is 0 Å². The Morgan fingerprint density at radius 3 is 2.55 bits per heavy atom. The number of hydrogen-bond donors (Lipinski definition) is 0. The molecule has 0 saturated heterocycles. The second-order valence-corrected chi connectivity index (χ2v) is 5.22. The summed E-state index contributed by atoms with van der Waals surface area (Å²) in [5.74, 6) is -1.80. The molecule has 20 heavy (non-hydrogen) atoms. The van der Waals surface area contributed by atoms with Crippen molar-refractivity contribution >= 4 is 11.9 Å². The third-order valence-corrected chi connectivity index (χ3v) is 2.65. The Kier molecular flexibility index (Phi) is 5.19. The lowest BCUT2D eigenvalue weighted by Crippen LogP contribution is -2.48. The molecule has 6 heteroatoms. The third kappa shape index (κ3) is 4.01. The van der Waals surface area contributed by atoms with E-state index in [0.29, 0.717) is 0 Å². The highest BCUT2D eigenvalue weighted by Gasteiger charge is 2.31. The number of carbonyl (C=O) groups excluding carboxylic acids is 2. The first-order valence-corrected chi connectivity index (χ1v) is 6.34. The van der Waals surface area contributed by atoms with Gasteiger partial charge in [0.15, 0.2) is 5.82 Å². The molecule has 0 unspecified atom stereocenters. The summed E-state index contributed by atoms with van der Waals surface area (Å²) in [6.45, 7) is 6.99. The quantitative estimate of drug-likeness (QED) is 0.793. The predicted octanol–water partition coefficient (Wildman–Crippen LogP) is 2.02. The van der Waals surface area contributed by atoms with Crippen LogP contribution in [-0.4, -0.2) is 40.5 Å². The van der Waals surface area contributed by atoms with Gasteiger partial charge < -0.3 is 9.64 Å². The third-order valence-electron chi connectivity index (χ3n) is 2.65. The van der Waals surface area contributed by atoms with Gasteiger partial charge >= 0.3 is 5.97 Å². The van der Waals surface area contributed by atoms with Crippen LogP contribution >= 0.6 is 0 Å². The molecule has 0 bridgehead atoms. The van der Waals surface area contributed by atoms with Crippen LogP contribution in [0, 0.1) is 5.82 Å². The zero-order chi connectivity index (χ0) is 15.3. The molecule has 0 radical (unpaired) electrons. The maximum Gasteiger partial charge on any atom is 0.325 e. The van der Waals surface area contributed by atoms with E-state index in [-0.39, 0.29) is 18.7 Å². The molecule has 1 heterocycles. The van der Waals surface area contributed by atoms with E-state index < -0.39 is 23.2 Å². The molecule has 0 spiro atoms. The minimum absolute atomic E-state index is 0.112. The largest absolute Gasteiger partial charge is 0.465 e. The summed E-state index contributed by atoms with van der Waals surface area (Å²) in [5.41, 5.74) is -0.751. The molecule has 0 saturated carbocycles. The van der Waals surface area contributed by atoms with Crippen molar-refractivity contribution < 1.29 is 18.7 Å². The standard InChI is InChI=1S/C14H19FN2O3/c1-5-20-12(18)9-17(14(2,3)4)13(19)10-6-7-16-8-11(10)15/h6-8H,5,9H2,1-4H3. The second-order valence-electron chi connectivity index (χ2n) is 5.22. The summed E-state index contributed by atoms with van der Waals surface area (Å²) in [6, 6.07) is 1.29. The van der Waals surface area contributed by atoms with Crippen molar-refractivity contribution in [2.45, 2.75) is 33.2 Å². The lowest BCUT2D eigenvalue weighted by molar-refractivity contribution is -0.144. The summed E-state index contributed by atoms with van der Waals surface area (Å²) in [6.07, 6.45) is 2.31. The molecule has 5 nitrogen and oxygen atoms in total. The van der Waals surface area contributed by atoms with E-state index in [1.54, 1.807) is 27.7 Å². The van der Waals surface area contributed by atoms with Gasteiger partial charge in [0.25, 0.3) is 5.91 Å². The van der Waals surface area contributed by atoms with Crippen LogP contribution < -0.4 is 0 Å². The van der Waals surface area contributed by atoms with Crippen LogP contribution in [-0.2, 0) is 9.53 Å². The Balaban J connectivity index is 3.03. The van der Waals surface area contributed by atoms with Crippen LogP contribution in [0.15, 0.2) is 18.5 Å². The van der Waals surface area contributed by atoms with Crippen molar-refractivity contribution in [1.29, 1.82) is 0 Å². The molecule has 0 aliphatic carbocycles. The molecular weight excluding hydrogens is 263 g/mol. The molecule has 0 fully saturated rings. The highest BCUT2D eigenvalue weighted by Crippen LogP contribution is 2.18. The van der Waals surface area contributed by atoms with Crippen LogP contribution in [0.1, 0.15) is 38.1 Å². The van der Waals surface area contributed by atoms with Gasteiger partial charge in [-0.1, -0.05) is 0 Å². The van der Waals surface area contributed by atoms with E-state index in [1.807, 2.05) is 0 Å². The molecule has 0 atom stereocenters. The van der Waals surface area contributed by atoms with Crippen molar-refractivity contribution in [3.05, 3.63) is 29.8 Å². The molecule has 0 aliphatic heterocycles. The number of nitrogens with zero attached hydrogens (tertiary/aromatic N) is 2. The SMILES string of the molecule is CCOC(=O)CN(C(=O)c1ccncc1F)C(C)(C)C. The summed E-state index contributed by atoms with van der Waals surface area (Å²) < 4.78 is 18.5. The monoisotopic (exact) mass is 282 g/mol. The molecule has 1 amide bonds. The van der Waals surface area contributed by atoms with Crippen molar-refractivity contribution in [3.63, 3.8) is 0 Å². The number of rotatable bonds is 4. The molecular formula is C14H19FN2O3. The number of ether oxygens (including phenoxy) is 1. The Morgan fingerprint density at radius 2 is 2.05 bits per heavy atom. The van der Waals surface area contributed by atoms with Crippen molar-refractivity contribution in [2.75, 3.05) is 13.2 Å². The highest BCUT2D eigenvalue weighted by atomic mass is 19.1. The lowest BCUT2D eigenvalue weighted by Gasteiger charge is -2.34. The van der Waals surface area contributed by atoms with Gasteiger partial charge in [-0.25, -0.2) is 4.39 Å². The minimum atomic E-state index is -0.712. The van der Waals surface area contributed by atoms with Crippen LogP contribution in [0.5, 0.6) is 0 Å². The summed E-state index contributed by atoms with van der Waals surface area (Å²) >= 11 is 0. The van der Waals surface area contributed by atoms with Gasteiger partial charge in [-0.05, 0) is 33.8 Å². The van der Waals surface area contributed by atoms with E-state index in [9.17, 15) is 14.0 Å². The number of hydrogen-bond acceptors (Lipinski definition) is 4. The van der Waals surface area contributed by atoms with E-state index >= 15 is 0 Å². The van der Waals surface area contributed by atoms with Gasteiger partial charge in [0.2, 0.25) is 0 Å². The van der Waals surface area contributed by atoms with Crippen LogP contribution in [0.3, 0.4) is 0 Å². The van der Waals surface area contributed by atoms with Gasteiger partial charge in [0, 0.05) is 11.7 Å². The van der Waals surface area contributed by atoms with Crippen molar-refractivity contribution in [2.24, 2.45) is 0 Å². The zero-order valence-corrected chi connectivity index (χ0v) is 12.1. The van der Waals surface area contributed by atoms with E-state index in [4.69, 9.17) is 4.74 Å². The molecule has 1 aromatic rings. The van der Waals surface area contributed by atoms with Gasteiger partial charge in [0.05, 0.1) is 18.4 Å². The number of halogens is 1. The van der Waals surface area contributed by atoms with Crippen molar-refractivity contribution in [1.82, 2.24) is 9.88 Å². The van der Waals surface area contributed by atoms with Gasteiger partial charge in [0.1, 0.15) is 6.54 Å². The Labute approximate surface area is 117 Å². The van der Waals surface area contributed by atoms with E-state index in [0.717, 1.165) is 6.20 Å². The fourth-order valence-electron chi connectivity index (χ4n) is 1.64. The van der Waals surface area contributed by atoms with E-state index in [1.165, 1.54) is 17.2 Å². The molecule has 1 aromatic heterocycles. The molecule has 0 aliphatic rings. The normalized spacial score (nSPS) is 11.1. The predicted molar refractivity (Wildman–Crippen MR) is 71.6 cm³/mol. The topological polar surface area (TPSA) is 59.5 Å². The van der Waals surface area contributed by atoms with Crippen LogP contribution in [0.4, 0.5) is 4.39 Å². The average Bonchev–Trinajstić information content (AvgIpc) is 2.35. The van der Waals surface area contributed by atoms with Gasteiger partial charge in [-0.3, -0.25) is 14.6 Å². The first kappa shape index (κ1) is 16.1. The zero-order valence-electron chi connectivity index (χ0n) is 12.1.